The summed E-state index contributed by atoms with van der Waals surface area (Å²) in [6.07, 6.45) is 0.382. The van der Waals surface area contributed by atoms with Crippen LogP contribution in [0.15, 0.2) is 48.5 Å². The molecule has 2 aromatic rings. The summed E-state index contributed by atoms with van der Waals surface area (Å²) in [6, 6.07) is 15.3. The molecule has 2 aromatic carbocycles. The maximum Gasteiger partial charge on any atom is 0.222 e. The van der Waals surface area contributed by atoms with Crippen LogP contribution >= 0.6 is 0 Å². The lowest BCUT2D eigenvalue weighted by Crippen LogP contribution is -2.25. The first-order valence-corrected chi connectivity index (χ1v) is 7.50. The van der Waals surface area contributed by atoms with Crippen LogP contribution in [0, 0.1) is 0 Å². The predicted octanol–water partition coefficient (Wildman–Crippen LogP) is 2.82. The van der Waals surface area contributed by atoms with Crippen molar-refractivity contribution in [1.82, 2.24) is 5.32 Å². The number of ether oxygens (including phenoxy) is 2. The topological polar surface area (TPSA) is 59.6 Å². The molecule has 0 radical (unpaired) electrons. The minimum atomic E-state index is -0.0155. The Morgan fingerprint density at radius 3 is 2.35 bits per heavy atom. The van der Waals surface area contributed by atoms with E-state index in [1.807, 2.05) is 48.5 Å². The highest BCUT2D eigenvalue weighted by Gasteiger charge is 2.06. The minimum absolute atomic E-state index is 0.0155. The number of nitrogens with one attached hydrogen (secondary N) is 2. The Hall–Kier alpha value is -2.69. The number of methoxy groups -OCH3 is 2. The molecule has 0 bridgehead atoms. The molecule has 0 aliphatic rings. The standard InChI is InChI=1S/C18H22N2O3/c1-22-16-9-5-3-7-14(16)13-20-18(21)11-12-19-15-8-4-6-10-17(15)23-2/h3-10,19H,11-13H2,1-2H3,(H,20,21). The van der Waals surface area contributed by atoms with E-state index in [0.29, 0.717) is 19.5 Å². The third-order valence-electron chi connectivity index (χ3n) is 3.44. The van der Waals surface area contributed by atoms with Crippen LogP contribution in [0.4, 0.5) is 5.69 Å². The van der Waals surface area contributed by atoms with Crippen molar-refractivity contribution < 1.29 is 14.3 Å². The zero-order valence-electron chi connectivity index (χ0n) is 13.5. The van der Waals surface area contributed by atoms with Crippen molar-refractivity contribution >= 4 is 11.6 Å². The van der Waals surface area contributed by atoms with Crippen molar-refractivity contribution in [3.63, 3.8) is 0 Å². The molecule has 0 saturated heterocycles. The van der Waals surface area contributed by atoms with Crippen LogP contribution in [0.2, 0.25) is 0 Å². The van der Waals surface area contributed by atoms with Gasteiger partial charge in [0.05, 0.1) is 19.9 Å². The largest absolute Gasteiger partial charge is 0.496 e. The number of hydrogen-bond donors (Lipinski definition) is 2. The molecule has 2 N–H and O–H groups in total. The van der Waals surface area contributed by atoms with E-state index in [4.69, 9.17) is 9.47 Å². The quantitative estimate of drug-likeness (QED) is 0.786. The number of amides is 1. The summed E-state index contributed by atoms with van der Waals surface area (Å²) in [4.78, 5) is 11.9. The summed E-state index contributed by atoms with van der Waals surface area (Å²) in [5.74, 6) is 1.53. The molecular weight excluding hydrogens is 292 g/mol. The molecule has 0 fully saturated rings. The Kier molecular flexibility index (Phi) is 6.29. The summed E-state index contributed by atoms with van der Waals surface area (Å²) in [5, 5.41) is 6.10. The Labute approximate surface area is 136 Å². The van der Waals surface area contributed by atoms with E-state index in [9.17, 15) is 4.79 Å². The van der Waals surface area contributed by atoms with Gasteiger partial charge in [-0.15, -0.1) is 0 Å². The number of carbonyl (C=O) groups excluding carboxylic acids is 1. The number of rotatable bonds is 8. The number of anilines is 1. The van der Waals surface area contributed by atoms with Gasteiger partial charge in [0.25, 0.3) is 0 Å². The van der Waals surface area contributed by atoms with Gasteiger partial charge in [0.2, 0.25) is 5.91 Å². The zero-order chi connectivity index (χ0) is 16.5. The Morgan fingerprint density at radius 1 is 0.957 bits per heavy atom. The van der Waals surface area contributed by atoms with Crippen LogP contribution in [0.1, 0.15) is 12.0 Å². The van der Waals surface area contributed by atoms with Crippen molar-refractivity contribution in [2.45, 2.75) is 13.0 Å². The van der Waals surface area contributed by atoms with Crippen molar-refractivity contribution in [1.29, 1.82) is 0 Å². The minimum Gasteiger partial charge on any atom is -0.496 e. The van der Waals surface area contributed by atoms with Crippen molar-refractivity contribution in [2.75, 3.05) is 26.1 Å². The fraction of sp³-hybridized carbons (Fsp3) is 0.278. The molecule has 0 atom stereocenters. The van der Waals surface area contributed by atoms with Crippen molar-refractivity contribution in [3.05, 3.63) is 54.1 Å². The first-order chi connectivity index (χ1) is 11.2. The van der Waals surface area contributed by atoms with Crippen LogP contribution in [0.25, 0.3) is 0 Å². The SMILES string of the molecule is COc1ccccc1CNC(=O)CCNc1ccccc1OC. The average molecular weight is 314 g/mol. The van der Waals surface area contributed by atoms with E-state index >= 15 is 0 Å². The molecule has 23 heavy (non-hydrogen) atoms. The zero-order valence-corrected chi connectivity index (χ0v) is 13.5. The van der Waals surface area contributed by atoms with Gasteiger partial charge in [0.15, 0.2) is 0 Å². The third kappa shape index (κ3) is 4.92. The molecule has 0 aliphatic heterocycles. The number of carbonyl (C=O) groups is 1. The summed E-state index contributed by atoms with van der Waals surface area (Å²) >= 11 is 0. The highest BCUT2D eigenvalue weighted by Crippen LogP contribution is 2.22. The molecule has 0 aliphatic carbocycles. The summed E-state index contributed by atoms with van der Waals surface area (Å²) < 4.78 is 10.5. The molecule has 0 heterocycles. The van der Waals surface area contributed by atoms with Gasteiger partial charge in [0, 0.05) is 25.1 Å². The van der Waals surface area contributed by atoms with E-state index in [1.165, 1.54) is 0 Å². The Morgan fingerprint density at radius 2 is 1.61 bits per heavy atom. The maximum absolute atomic E-state index is 11.9. The van der Waals surface area contributed by atoms with E-state index in [2.05, 4.69) is 10.6 Å². The van der Waals surface area contributed by atoms with Crippen LogP contribution in [-0.4, -0.2) is 26.7 Å². The predicted molar refractivity (Wildman–Crippen MR) is 90.9 cm³/mol. The van der Waals surface area contributed by atoms with Gasteiger partial charge < -0.3 is 20.1 Å². The molecule has 5 nitrogen and oxygen atoms in total. The molecular formula is C18H22N2O3. The fourth-order valence-corrected chi connectivity index (χ4v) is 2.23. The Balaban J connectivity index is 1.77. The molecule has 1 amide bonds. The monoisotopic (exact) mass is 314 g/mol. The second-order valence-corrected chi connectivity index (χ2v) is 4.97. The lowest BCUT2D eigenvalue weighted by atomic mass is 10.2. The maximum atomic E-state index is 11.9. The smallest absolute Gasteiger partial charge is 0.222 e. The first kappa shape index (κ1) is 16.7. The second kappa shape index (κ2) is 8.68. The summed E-state index contributed by atoms with van der Waals surface area (Å²) in [7, 11) is 3.25. The summed E-state index contributed by atoms with van der Waals surface area (Å²) in [5.41, 5.74) is 1.84. The lowest BCUT2D eigenvalue weighted by molar-refractivity contribution is -0.121. The van der Waals surface area contributed by atoms with Crippen molar-refractivity contribution in [3.8, 4) is 11.5 Å². The third-order valence-corrected chi connectivity index (χ3v) is 3.44. The normalized spacial score (nSPS) is 10.0. The molecule has 0 saturated carbocycles. The molecule has 0 spiro atoms. The van der Waals surface area contributed by atoms with E-state index in [1.54, 1.807) is 14.2 Å². The molecule has 0 unspecified atom stereocenters. The fourth-order valence-electron chi connectivity index (χ4n) is 2.23. The molecule has 2 rings (SSSR count). The van der Waals surface area contributed by atoms with Gasteiger partial charge in [-0.3, -0.25) is 4.79 Å². The second-order valence-electron chi connectivity index (χ2n) is 4.97. The van der Waals surface area contributed by atoms with Crippen LogP contribution in [0.5, 0.6) is 11.5 Å². The van der Waals surface area contributed by atoms with Gasteiger partial charge in [-0.05, 0) is 18.2 Å². The van der Waals surface area contributed by atoms with Crippen LogP contribution in [0.3, 0.4) is 0 Å². The van der Waals surface area contributed by atoms with Crippen LogP contribution < -0.4 is 20.1 Å². The van der Waals surface area contributed by atoms with E-state index in [0.717, 1.165) is 22.7 Å². The Bertz CT molecular complexity index is 644. The highest BCUT2D eigenvalue weighted by molar-refractivity contribution is 5.76. The average Bonchev–Trinajstić information content (AvgIpc) is 2.60. The van der Waals surface area contributed by atoms with E-state index in [-0.39, 0.29) is 5.91 Å². The van der Waals surface area contributed by atoms with Crippen molar-refractivity contribution in [2.24, 2.45) is 0 Å². The lowest BCUT2D eigenvalue weighted by Gasteiger charge is -2.12. The van der Waals surface area contributed by atoms with Gasteiger partial charge in [-0.2, -0.15) is 0 Å². The number of benzene rings is 2. The highest BCUT2D eigenvalue weighted by atomic mass is 16.5. The van der Waals surface area contributed by atoms with Gasteiger partial charge in [0.1, 0.15) is 11.5 Å². The first-order valence-electron chi connectivity index (χ1n) is 7.50. The van der Waals surface area contributed by atoms with Gasteiger partial charge >= 0.3 is 0 Å². The summed E-state index contributed by atoms with van der Waals surface area (Å²) in [6.45, 7) is 0.996. The number of para-hydroxylation sites is 3. The van der Waals surface area contributed by atoms with E-state index < -0.39 is 0 Å². The molecule has 0 aromatic heterocycles. The molecule has 122 valence electrons. The number of hydrogen-bond acceptors (Lipinski definition) is 4. The van der Waals surface area contributed by atoms with Gasteiger partial charge in [-0.25, -0.2) is 0 Å². The molecule has 5 heteroatoms. The van der Waals surface area contributed by atoms with Crippen LogP contribution in [-0.2, 0) is 11.3 Å². The van der Waals surface area contributed by atoms with Gasteiger partial charge in [-0.1, -0.05) is 30.3 Å².